The molecular weight excluding hydrogens is 495 g/mol. The molecule has 4 aromatic carbocycles. The Morgan fingerprint density at radius 1 is 0.816 bits per heavy atom. The minimum Gasteiger partial charge on any atom is -0.319 e. The molecule has 1 saturated heterocycles. The smallest absolute Gasteiger partial charge is 0.278 e. The van der Waals surface area contributed by atoms with Gasteiger partial charge in [-0.05, 0) is 78.9 Å². The van der Waals surface area contributed by atoms with Crippen LogP contribution in [0.5, 0.6) is 0 Å². The zero-order valence-corrected chi connectivity index (χ0v) is 21.8. The molecule has 0 aromatic heterocycles. The number of nitrogens with zero attached hydrogens (tertiary/aromatic N) is 4. The predicted molar refractivity (Wildman–Crippen MR) is 153 cm³/mol. The minimum atomic E-state index is -1.07. The molecule has 0 saturated carbocycles. The van der Waals surface area contributed by atoms with Crippen LogP contribution in [0.1, 0.15) is 16.7 Å². The van der Waals surface area contributed by atoms with Crippen molar-refractivity contribution in [3.05, 3.63) is 137 Å². The second-order valence-corrected chi connectivity index (χ2v) is 10.3. The lowest BCUT2D eigenvalue weighted by atomic mass is 10.1. The molecule has 1 amide bonds. The molecule has 2 aliphatic rings. The number of likely N-dealkylation sites (N-methyl/N-ethyl adjacent to an activating group) is 1. The summed E-state index contributed by atoms with van der Waals surface area (Å²) in [5.41, 5.74) is 4.99. The van der Waals surface area contributed by atoms with E-state index in [0.29, 0.717) is 10.7 Å². The molecule has 0 N–H and O–H groups in total. The third-order valence-electron chi connectivity index (χ3n) is 6.70. The van der Waals surface area contributed by atoms with Crippen LogP contribution in [0.25, 0.3) is 6.08 Å². The van der Waals surface area contributed by atoms with Crippen molar-refractivity contribution in [3.63, 3.8) is 0 Å². The monoisotopic (exact) mass is 520 g/mol. The molecule has 1 fully saturated rings. The fourth-order valence-corrected chi connectivity index (χ4v) is 6.13. The van der Waals surface area contributed by atoms with Gasteiger partial charge in [-0.25, -0.2) is 9.40 Å². The van der Waals surface area contributed by atoms with Gasteiger partial charge in [0.1, 0.15) is 16.6 Å². The first-order chi connectivity index (χ1) is 18.5. The van der Waals surface area contributed by atoms with E-state index in [1.807, 2.05) is 115 Å². The van der Waals surface area contributed by atoms with Crippen LogP contribution in [-0.4, -0.2) is 28.0 Å². The number of thioether (sulfide) groups is 1. The highest BCUT2D eigenvalue weighted by Crippen LogP contribution is 2.53. The number of hydrogen-bond acceptors (Lipinski definition) is 5. The van der Waals surface area contributed by atoms with E-state index in [0.717, 1.165) is 28.1 Å². The average Bonchev–Trinajstić information content (AvgIpc) is 3.43. The Kier molecular flexibility index (Phi) is 6.00. The van der Waals surface area contributed by atoms with Gasteiger partial charge in [-0.3, -0.25) is 9.69 Å². The van der Waals surface area contributed by atoms with Gasteiger partial charge in [-0.1, -0.05) is 66.2 Å². The van der Waals surface area contributed by atoms with Crippen LogP contribution in [-0.2, 0) is 4.79 Å². The van der Waals surface area contributed by atoms with Crippen molar-refractivity contribution >= 4 is 40.2 Å². The van der Waals surface area contributed by atoms with Crippen molar-refractivity contribution in [3.8, 4) is 0 Å². The minimum absolute atomic E-state index is 0.136. The van der Waals surface area contributed by atoms with Crippen molar-refractivity contribution in [1.29, 1.82) is 0 Å². The standard InChI is InChI=1S/C31H25FN4OS/c1-22-13-15-23(16-14-22)21-28-30(37)35(26-9-5-3-6-10-26)31(34(28)2)36(27-11-7-4-8-12-27)33-29(38-31)24-17-19-25(32)20-18-24/h3-21H,1-2H3/b28-21+. The molecule has 38 heavy (non-hydrogen) atoms. The van der Waals surface area contributed by atoms with E-state index in [1.54, 1.807) is 17.0 Å². The third kappa shape index (κ3) is 3.96. The summed E-state index contributed by atoms with van der Waals surface area (Å²) in [7, 11) is 1.92. The maximum atomic E-state index is 14.3. The van der Waals surface area contributed by atoms with Gasteiger partial charge in [-0.2, -0.15) is 5.10 Å². The van der Waals surface area contributed by atoms with Crippen molar-refractivity contribution in [2.45, 2.75) is 12.0 Å². The Morgan fingerprint density at radius 3 is 2.05 bits per heavy atom. The van der Waals surface area contributed by atoms with Gasteiger partial charge in [0.05, 0.1) is 5.69 Å². The SMILES string of the molecule is Cc1ccc(/C=C2\C(=O)N(c3ccccc3)C3(SC(c4ccc(F)cc4)=NN3c3ccccc3)N2C)cc1. The number of carbonyl (C=O) groups is 1. The van der Waals surface area contributed by atoms with Crippen LogP contribution < -0.4 is 9.91 Å². The van der Waals surface area contributed by atoms with E-state index in [9.17, 15) is 9.18 Å². The number of hydrazone groups is 1. The van der Waals surface area contributed by atoms with E-state index in [4.69, 9.17) is 5.10 Å². The molecule has 2 heterocycles. The highest BCUT2D eigenvalue weighted by Gasteiger charge is 2.62. The van der Waals surface area contributed by atoms with Crippen LogP contribution in [0.2, 0.25) is 0 Å². The summed E-state index contributed by atoms with van der Waals surface area (Å²) >= 11 is 1.46. The van der Waals surface area contributed by atoms with Gasteiger partial charge < -0.3 is 4.90 Å². The summed E-state index contributed by atoms with van der Waals surface area (Å²) in [6.45, 7) is 2.04. The lowest BCUT2D eigenvalue weighted by Crippen LogP contribution is -2.59. The molecule has 0 radical (unpaired) electrons. The summed E-state index contributed by atoms with van der Waals surface area (Å²) in [4.78, 5) is 18.1. The molecule has 2 aliphatic heterocycles. The van der Waals surface area contributed by atoms with Gasteiger partial charge >= 0.3 is 0 Å². The molecule has 1 atom stereocenters. The van der Waals surface area contributed by atoms with Gasteiger partial charge in [-0.15, -0.1) is 0 Å². The van der Waals surface area contributed by atoms with E-state index in [1.165, 1.54) is 23.9 Å². The zero-order chi connectivity index (χ0) is 26.3. The Morgan fingerprint density at radius 2 is 1.42 bits per heavy atom. The number of rotatable bonds is 4. The van der Waals surface area contributed by atoms with E-state index >= 15 is 0 Å². The molecule has 1 unspecified atom stereocenters. The molecule has 4 aromatic rings. The largest absolute Gasteiger partial charge is 0.319 e. The van der Waals surface area contributed by atoms with Crippen LogP contribution in [0, 0.1) is 12.7 Å². The first kappa shape index (κ1) is 24.0. The van der Waals surface area contributed by atoms with Gasteiger partial charge in [0.25, 0.3) is 11.0 Å². The van der Waals surface area contributed by atoms with Crippen molar-refractivity contribution < 1.29 is 9.18 Å². The fraction of sp³-hybridized carbons (Fsp3) is 0.0968. The van der Waals surface area contributed by atoms with Crippen LogP contribution in [0.4, 0.5) is 15.8 Å². The topological polar surface area (TPSA) is 39.2 Å². The molecule has 5 nitrogen and oxygen atoms in total. The predicted octanol–water partition coefficient (Wildman–Crippen LogP) is 6.68. The highest BCUT2D eigenvalue weighted by molar-refractivity contribution is 8.16. The van der Waals surface area contributed by atoms with E-state index in [-0.39, 0.29) is 11.7 Å². The summed E-state index contributed by atoms with van der Waals surface area (Å²) in [5.74, 6) is -0.447. The van der Waals surface area contributed by atoms with Crippen molar-refractivity contribution in [1.82, 2.24) is 4.90 Å². The zero-order valence-electron chi connectivity index (χ0n) is 21.0. The quantitative estimate of drug-likeness (QED) is 0.282. The van der Waals surface area contributed by atoms with Gasteiger partial charge in [0.15, 0.2) is 0 Å². The molecule has 1 spiro atoms. The first-order valence-corrected chi connectivity index (χ1v) is 13.1. The first-order valence-electron chi connectivity index (χ1n) is 12.3. The Hall–Kier alpha value is -4.36. The Balaban J connectivity index is 1.56. The maximum absolute atomic E-state index is 14.3. The summed E-state index contributed by atoms with van der Waals surface area (Å²) < 4.78 is 13.8. The summed E-state index contributed by atoms with van der Waals surface area (Å²) in [5, 5.41) is 6.54. The summed E-state index contributed by atoms with van der Waals surface area (Å²) in [6.07, 6.45) is 1.92. The fourth-order valence-electron chi connectivity index (χ4n) is 4.74. The number of halogens is 1. The molecular formula is C31H25FN4OS. The van der Waals surface area contributed by atoms with Crippen molar-refractivity contribution in [2.24, 2.45) is 5.10 Å². The number of para-hydroxylation sites is 2. The van der Waals surface area contributed by atoms with Crippen LogP contribution >= 0.6 is 11.8 Å². The number of aryl methyl sites for hydroxylation is 1. The Labute approximate surface area is 225 Å². The number of hydrogen-bond donors (Lipinski definition) is 0. The number of amides is 1. The Bertz CT molecular complexity index is 1540. The van der Waals surface area contributed by atoms with E-state index < -0.39 is 5.12 Å². The maximum Gasteiger partial charge on any atom is 0.278 e. The normalized spacial score (nSPS) is 20.1. The number of benzene rings is 4. The highest BCUT2D eigenvalue weighted by atomic mass is 32.2. The molecule has 6 rings (SSSR count). The van der Waals surface area contributed by atoms with Crippen LogP contribution in [0.15, 0.2) is 120 Å². The van der Waals surface area contributed by atoms with Gasteiger partial charge in [0, 0.05) is 18.3 Å². The molecule has 7 heteroatoms. The van der Waals surface area contributed by atoms with Crippen molar-refractivity contribution in [2.75, 3.05) is 17.0 Å². The van der Waals surface area contributed by atoms with Crippen LogP contribution in [0.3, 0.4) is 0 Å². The average molecular weight is 521 g/mol. The summed E-state index contributed by atoms with van der Waals surface area (Å²) in [6, 6.07) is 33.8. The molecule has 0 bridgehead atoms. The second-order valence-electron chi connectivity index (χ2n) is 9.21. The lowest BCUT2D eigenvalue weighted by Gasteiger charge is -2.43. The van der Waals surface area contributed by atoms with E-state index in [2.05, 4.69) is 0 Å². The third-order valence-corrected chi connectivity index (χ3v) is 8.11. The molecule has 0 aliphatic carbocycles. The van der Waals surface area contributed by atoms with Gasteiger partial charge in [0.2, 0.25) is 0 Å². The molecule has 188 valence electrons. The number of anilines is 2. The number of carbonyl (C=O) groups excluding carboxylic acids is 1. The lowest BCUT2D eigenvalue weighted by molar-refractivity contribution is -0.114. The second kappa shape index (κ2) is 9.50.